The SMILES string of the molecule is CC(=O)Oc1cc(C(F)(F)F)ccc1C(=O)NCCCO. The number of halogens is 3. The van der Waals surface area contributed by atoms with Gasteiger partial charge in [0.2, 0.25) is 0 Å². The van der Waals surface area contributed by atoms with E-state index in [1.54, 1.807) is 0 Å². The molecule has 0 radical (unpaired) electrons. The molecule has 0 aliphatic heterocycles. The third kappa shape index (κ3) is 5.07. The second-order valence-corrected chi connectivity index (χ2v) is 4.14. The largest absolute Gasteiger partial charge is 0.426 e. The van der Waals surface area contributed by atoms with Gasteiger partial charge in [-0.1, -0.05) is 0 Å². The average molecular weight is 305 g/mol. The quantitative estimate of drug-likeness (QED) is 0.493. The van der Waals surface area contributed by atoms with Crippen LogP contribution in [0, 0.1) is 0 Å². The number of amides is 1. The third-order valence-corrected chi connectivity index (χ3v) is 2.43. The van der Waals surface area contributed by atoms with E-state index in [1.165, 1.54) is 0 Å². The lowest BCUT2D eigenvalue weighted by atomic mass is 10.1. The zero-order chi connectivity index (χ0) is 16.0. The van der Waals surface area contributed by atoms with E-state index in [-0.39, 0.29) is 18.7 Å². The van der Waals surface area contributed by atoms with Crippen LogP contribution in [0.5, 0.6) is 5.75 Å². The minimum Gasteiger partial charge on any atom is -0.426 e. The Morgan fingerprint density at radius 3 is 2.52 bits per heavy atom. The van der Waals surface area contributed by atoms with Gasteiger partial charge in [0.15, 0.2) is 0 Å². The maximum atomic E-state index is 12.6. The fourth-order valence-electron chi connectivity index (χ4n) is 1.50. The molecule has 0 fully saturated rings. The number of alkyl halides is 3. The summed E-state index contributed by atoms with van der Waals surface area (Å²) in [4.78, 5) is 22.8. The first-order chi connectivity index (χ1) is 9.75. The smallest absolute Gasteiger partial charge is 0.416 e. The van der Waals surface area contributed by atoms with Crippen molar-refractivity contribution in [3.8, 4) is 5.75 Å². The van der Waals surface area contributed by atoms with Crippen LogP contribution >= 0.6 is 0 Å². The molecular formula is C13H14F3NO4. The molecule has 0 saturated carbocycles. The summed E-state index contributed by atoms with van der Waals surface area (Å²) < 4.78 is 42.5. The standard InChI is InChI=1S/C13H14F3NO4/c1-8(19)21-11-7-9(13(14,15)16)3-4-10(11)12(20)17-5-2-6-18/h3-4,7,18H,2,5-6H2,1H3,(H,17,20). The summed E-state index contributed by atoms with van der Waals surface area (Å²) in [5, 5.41) is 11.0. The summed E-state index contributed by atoms with van der Waals surface area (Å²) in [6, 6.07) is 2.27. The summed E-state index contributed by atoms with van der Waals surface area (Å²) in [6.07, 6.45) is -4.31. The molecule has 2 N–H and O–H groups in total. The van der Waals surface area contributed by atoms with Gasteiger partial charge in [0.25, 0.3) is 5.91 Å². The Kier molecular flexibility index (Phi) is 5.71. The summed E-state index contributed by atoms with van der Waals surface area (Å²) in [5.41, 5.74) is -1.21. The molecule has 0 aliphatic rings. The van der Waals surface area contributed by atoms with Crippen molar-refractivity contribution in [3.05, 3.63) is 29.3 Å². The monoisotopic (exact) mass is 305 g/mol. The molecule has 1 amide bonds. The van der Waals surface area contributed by atoms with Crippen molar-refractivity contribution in [2.45, 2.75) is 19.5 Å². The second kappa shape index (κ2) is 7.07. The van der Waals surface area contributed by atoms with Crippen molar-refractivity contribution < 1.29 is 32.6 Å². The van der Waals surface area contributed by atoms with Gasteiger partial charge in [0.1, 0.15) is 5.75 Å². The zero-order valence-corrected chi connectivity index (χ0v) is 11.2. The maximum Gasteiger partial charge on any atom is 0.416 e. The molecule has 21 heavy (non-hydrogen) atoms. The molecule has 0 saturated heterocycles. The van der Waals surface area contributed by atoms with Gasteiger partial charge in [-0.05, 0) is 24.6 Å². The van der Waals surface area contributed by atoms with E-state index < -0.39 is 29.4 Å². The highest BCUT2D eigenvalue weighted by Gasteiger charge is 2.32. The fraction of sp³-hybridized carbons (Fsp3) is 0.385. The molecule has 0 atom stereocenters. The summed E-state index contributed by atoms with van der Waals surface area (Å²) in [7, 11) is 0. The molecule has 0 aliphatic carbocycles. The molecule has 0 spiro atoms. The lowest BCUT2D eigenvalue weighted by Crippen LogP contribution is -2.26. The van der Waals surface area contributed by atoms with E-state index in [1.807, 2.05) is 0 Å². The number of carbonyl (C=O) groups excluding carboxylic acids is 2. The Balaban J connectivity index is 3.07. The van der Waals surface area contributed by atoms with Crippen LogP contribution in [-0.2, 0) is 11.0 Å². The Morgan fingerprint density at radius 2 is 2.00 bits per heavy atom. The van der Waals surface area contributed by atoms with E-state index in [2.05, 4.69) is 10.1 Å². The van der Waals surface area contributed by atoms with Crippen LogP contribution in [0.2, 0.25) is 0 Å². The first-order valence-corrected chi connectivity index (χ1v) is 6.04. The van der Waals surface area contributed by atoms with E-state index in [4.69, 9.17) is 5.11 Å². The molecule has 116 valence electrons. The van der Waals surface area contributed by atoms with Crippen LogP contribution in [0.15, 0.2) is 18.2 Å². The normalized spacial score (nSPS) is 11.1. The molecule has 1 aromatic rings. The number of carbonyl (C=O) groups is 2. The van der Waals surface area contributed by atoms with E-state index >= 15 is 0 Å². The van der Waals surface area contributed by atoms with Gasteiger partial charge >= 0.3 is 12.1 Å². The Labute approximate surface area is 118 Å². The van der Waals surface area contributed by atoms with Gasteiger partial charge in [-0.2, -0.15) is 13.2 Å². The van der Waals surface area contributed by atoms with Crippen molar-refractivity contribution in [1.82, 2.24) is 5.32 Å². The minimum absolute atomic E-state index is 0.135. The number of aliphatic hydroxyl groups is 1. The van der Waals surface area contributed by atoms with Gasteiger partial charge in [0.05, 0.1) is 11.1 Å². The Morgan fingerprint density at radius 1 is 1.33 bits per heavy atom. The summed E-state index contributed by atoms with van der Waals surface area (Å²) >= 11 is 0. The Hall–Kier alpha value is -2.09. The van der Waals surface area contributed by atoms with Crippen molar-refractivity contribution in [2.75, 3.05) is 13.2 Å². The molecule has 1 rings (SSSR count). The van der Waals surface area contributed by atoms with E-state index in [9.17, 15) is 22.8 Å². The third-order valence-electron chi connectivity index (χ3n) is 2.43. The van der Waals surface area contributed by atoms with Crippen LogP contribution in [0.1, 0.15) is 29.3 Å². The number of esters is 1. The van der Waals surface area contributed by atoms with Gasteiger partial charge in [-0.25, -0.2) is 0 Å². The molecule has 0 heterocycles. The van der Waals surface area contributed by atoms with Crippen LogP contribution in [0.3, 0.4) is 0 Å². The molecule has 0 unspecified atom stereocenters. The van der Waals surface area contributed by atoms with Crippen LogP contribution in [0.25, 0.3) is 0 Å². The molecule has 0 bridgehead atoms. The van der Waals surface area contributed by atoms with Crippen molar-refractivity contribution in [1.29, 1.82) is 0 Å². The van der Waals surface area contributed by atoms with E-state index in [0.29, 0.717) is 12.5 Å². The maximum absolute atomic E-state index is 12.6. The molecule has 5 nitrogen and oxygen atoms in total. The number of aliphatic hydroxyl groups excluding tert-OH is 1. The number of hydrogen-bond acceptors (Lipinski definition) is 4. The van der Waals surface area contributed by atoms with Gasteiger partial charge in [0, 0.05) is 20.1 Å². The summed E-state index contributed by atoms with van der Waals surface area (Å²) in [6.45, 7) is 1.04. The number of benzene rings is 1. The van der Waals surface area contributed by atoms with Crippen molar-refractivity contribution in [2.24, 2.45) is 0 Å². The number of hydrogen-bond donors (Lipinski definition) is 2. The van der Waals surface area contributed by atoms with Crippen molar-refractivity contribution >= 4 is 11.9 Å². The lowest BCUT2D eigenvalue weighted by molar-refractivity contribution is -0.138. The molecule has 0 aromatic heterocycles. The minimum atomic E-state index is -4.61. The van der Waals surface area contributed by atoms with Gasteiger partial charge in [-0.3, -0.25) is 9.59 Å². The Bertz CT molecular complexity index is 529. The van der Waals surface area contributed by atoms with Gasteiger partial charge in [-0.15, -0.1) is 0 Å². The van der Waals surface area contributed by atoms with Gasteiger partial charge < -0.3 is 15.2 Å². The second-order valence-electron chi connectivity index (χ2n) is 4.14. The zero-order valence-electron chi connectivity index (χ0n) is 11.2. The molecule has 1 aromatic carbocycles. The molecule has 8 heteroatoms. The number of rotatable bonds is 5. The first-order valence-electron chi connectivity index (χ1n) is 6.04. The highest BCUT2D eigenvalue weighted by atomic mass is 19.4. The topological polar surface area (TPSA) is 75.6 Å². The summed E-state index contributed by atoms with van der Waals surface area (Å²) in [5.74, 6) is -1.98. The highest BCUT2D eigenvalue weighted by Crippen LogP contribution is 2.33. The lowest BCUT2D eigenvalue weighted by Gasteiger charge is -2.13. The van der Waals surface area contributed by atoms with Crippen LogP contribution < -0.4 is 10.1 Å². The fourth-order valence-corrected chi connectivity index (χ4v) is 1.50. The van der Waals surface area contributed by atoms with Crippen molar-refractivity contribution in [3.63, 3.8) is 0 Å². The number of nitrogens with one attached hydrogen (secondary N) is 1. The first kappa shape index (κ1) is 17.0. The number of ether oxygens (including phenoxy) is 1. The predicted molar refractivity (Wildman–Crippen MR) is 66.8 cm³/mol. The van der Waals surface area contributed by atoms with E-state index in [0.717, 1.165) is 19.1 Å². The van der Waals surface area contributed by atoms with Crippen LogP contribution in [0.4, 0.5) is 13.2 Å². The molecular weight excluding hydrogens is 291 g/mol. The predicted octanol–water partition coefficient (Wildman–Crippen LogP) is 1.74. The average Bonchev–Trinajstić information content (AvgIpc) is 2.37. The highest BCUT2D eigenvalue weighted by molar-refractivity contribution is 5.97. The van der Waals surface area contributed by atoms with Crippen LogP contribution in [-0.4, -0.2) is 30.1 Å².